The molecule has 3 aromatic carbocycles. The highest BCUT2D eigenvalue weighted by atomic mass is 35.5. The first-order chi connectivity index (χ1) is 20.1. The van der Waals surface area contributed by atoms with Crippen molar-refractivity contribution in [3.8, 4) is 17.4 Å². The zero-order valence-corrected chi connectivity index (χ0v) is 25.0. The summed E-state index contributed by atoms with van der Waals surface area (Å²) in [4.78, 5) is 18.0. The fraction of sp³-hybridized carbons (Fsp3) is 0.161. The van der Waals surface area contributed by atoms with Crippen LogP contribution in [0, 0.1) is 6.92 Å². The van der Waals surface area contributed by atoms with Crippen molar-refractivity contribution in [1.29, 1.82) is 0 Å². The molecular weight excluding hydrogens is 578 g/mol. The molecule has 0 saturated carbocycles. The number of halogens is 1. The Labute approximate surface area is 249 Å². The van der Waals surface area contributed by atoms with Gasteiger partial charge in [0.2, 0.25) is 5.88 Å². The van der Waals surface area contributed by atoms with Gasteiger partial charge in [-0.3, -0.25) is 9.52 Å². The summed E-state index contributed by atoms with van der Waals surface area (Å²) in [5, 5.41) is 19.8. The van der Waals surface area contributed by atoms with E-state index in [2.05, 4.69) is 9.71 Å². The molecule has 0 aliphatic rings. The Morgan fingerprint density at radius 1 is 0.976 bits per heavy atom. The average Bonchev–Trinajstić information content (AvgIpc) is 3.24. The third-order valence-corrected chi connectivity index (χ3v) is 8.35. The van der Waals surface area contributed by atoms with Crippen molar-refractivity contribution in [3.05, 3.63) is 106 Å². The second-order valence-electron chi connectivity index (χ2n) is 9.02. The number of ether oxygens (including phenoxy) is 1. The average molecular weight is 608 g/mol. The maximum Gasteiger partial charge on any atom is 0.263 e. The van der Waals surface area contributed by atoms with Crippen LogP contribution in [0.25, 0.3) is 11.0 Å². The first-order valence-electron chi connectivity index (χ1n) is 13.1. The van der Waals surface area contributed by atoms with Crippen LogP contribution in [0.1, 0.15) is 41.0 Å². The van der Waals surface area contributed by atoms with E-state index in [0.717, 1.165) is 6.07 Å². The Kier molecular flexibility index (Phi) is 9.08. The number of aromatic nitrogens is 2. The van der Waals surface area contributed by atoms with Crippen LogP contribution in [-0.2, 0) is 16.6 Å². The number of pyridine rings is 1. The lowest BCUT2D eigenvalue weighted by Gasteiger charge is -2.15. The molecule has 42 heavy (non-hydrogen) atoms. The van der Waals surface area contributed by atoms with Crippen molar-refractivity contribution in [2.45, 2.75) is 32.2 Å². The highest BCUT2D eigenvalue weighted by Crippen LogP contribution is 2.32. The van der Waals surface area contributed by atoms with E-state index in [9.17, 15) is 23.4 Å². The number of methoxy groups -OCH3 is 1. The van der Waals surface area contributed by atoms with Crippen LogP contribution in [0.15, 0.2) is 83.8 Å². The van der Waals surface area contributed by atoms with Gasteiger partial charge in [-0.25, -0.2) is 8.42 Å². The van der Waals surface area contributed by atoms with Crippen molar-refractivity contribution < 1.29 is 28.2 Å². The van der Waals surface area contributed by atoms with E-state index in [1.54, 1.807) is 55.5 Å². The molecule has 218 valence electrons. The maximum atomic E-state index is 13.6. The molecule has 3 N–H and O–H groups in total. The Hall–Kier alpha value is -4.54. The number of aromatic hydroxyl groups is 2. The van der Waals surface area contributed by atoms with E-state index in [4.69, 9.17) is 16.3 Å². The summed E-state index contributed by atoms with van der Waals surface area (Å²) in [6.07, 6.45) is 0. The molecule has 0 aliphatic heterocycles. The molecule has 11 heteroatoms. The van der Waals surface area contributed by atoms with Gasteiger partial charge >= 0.3 is 0 Å². The molecule has 0 fully saturated rings. The second kappa shape index (κ2) is 12.5. The summed E-state index contributed by atoms with van der Waals surface area (Å²) >= 11 is 6.11. The lowest BCUT2D eigenvalue weighted by molar-refractivity contribution is 0.103. The number of sulfonamides is 1. The predicted octanol–water partition coefficient (Wildman–Crippen LogP) is 6.52. The van der Waals surface area contributed by atoms with Gasteiger partial charge in [-0.1, -0.05) is 43.6 Å². The van der Waals surface area contributed by atoms with Gasteiger partial charge in [-0.2, -0.15) is 4.98 Å². The number of hydrogen-bond donors (Lipinski definition) is 3. The summed E-state index contributed by atoms with van der Waals surface area (Å²) in [6, 6.07) is 19.9. The van der Waals surface area contributed by atoms with Crippen LogP contribution in [-0.4, -0.2) is 41.1 Å². The van der Waals surface area contributed by atoms with Gasteiger partial charge in [0, 0.05) is 22.7 Å². The third-order valence-electron chi connectivity index (χ3n) is 6.50. The monoisotopic (exact) mass is 607 g/mol. The molecule has 0 atom stereocenters. The second-order valence-corrected chi connectivity index (χ2v) is 11.1. The largest absolute Gasteiger partial charge is 0.508 e. The molecule has 2 aromatic heterocycles. The highest BCUT2D eigenvalue weighted by molar-refractivity contribution is 7.92. The standard InChI is InChI=1S/C29H24ClN3O6S.C2H6/c1-17-27(28(36)18-7-9-20(34)10-8-18)22-12-14-26(39-2)31-29(22)33(17)16-19-5-3-4-6-24(19)32-40(37,38)25-13-11-21(35)15-23(25)30;1-2/h3-15,32,34-35H,16H2,1-2H3;1-2H3. The number of phenols is 2. The molecule has 0 spiro atoms. The quantitative estimate of drug-likeness (QED) is 0.171. The van der Waals surface area contributed by atoms with Gasteiger partial charge < -0.3 is 19.5 Å². The summed E-state index contributed by atoms with van der Waals surface area (Å²) < 4.78 is 36.2. The molecule has 0 amide bonds. The highest BCUT2D eigenvalue weighted by Gasteiger charge is 2.24. The smallest absolute Gasteiger partial charge is 0.263 e. The van der Waals surface area contributed by atoms with Gasteiger partial charge in [-0.05, 0) is 67.1 Å². The van der Waals surface area contributed by atoms with Crippen LogP contribution in [0.3, 0.4) is 0 Å². The minimum absolute atomic E-state index is 0.0507. The zero-order chi connectivity index (χ0) is 30.6. The van der Waals surface area contributed by atoms with E-state index in [-0.39, 0.29) is 33.7 Å². The van der Waals surface area contributed by atoms with Crippen molar-refractivity contribution in [2.24, 2.45) is 0 Å². The van der Waals surface area contributed by atoms with Crippen LogP contribution in [0.2, 0.25) is 5.02 Å². The van der Waals surface area contributed by atoms with Crippen molar-refractivity contribution in [3.63, 3.8) is 0 Å². The number of benzene rings is 3. The van der Waals surface area contributed by atoms with Crippen LogP contribution >= 0.6 is 11.6 Å². The minimum atomic E-state index is -4.10. The Morgan fingerprint density at radius 3 is 2.31 bits per heavy atom. The molecule has 0 radical (unpaired) electrons. The van der Waals surface area contributed by atoms with Gasteiger partial charge in [0.25, 0.3) is 10.0 Å². The SMILES string of the molecule is CC.COc1ccc2c(C(=O)c3ccc(O)cc3)c(C)n(Cc3ccccc3NS(=O)(=O)c3ccc(O)cc3Cl)c2n1. The van der Waals surface area contributed by atoms with Crippen LogP contribution < -0.4 is 9.46 Å². The number of fused-ring (bicyclic) bond motifs is 1. The molecule has 9 nitrogen and oxygen atoms in total. The number of nitrogens with zero attached hydrogens (tertiary/aromatic N) is 2. The lowest BCUT2D eigenvalue weighted by atomic mass is 10.0. The van der Waals surface area contributed by atoms with Crippen molar-refractivity contribution in [1.82, 2.24) is 9.55 Å². The van der Waals surface area contributed by atoms with Crippen molar-refractivity contribution >= 4 is 44.1 Å². The number of carbonyl (C=O) groups is 1. The van der Waals surface area contributed by atoms with E-state index >= 15 is 0 Å². The molecule has 5 rings (SSSR count). The van der Waals surface area contributed by atoms with Crippen LogP contribution in [0.5, 0.6) is 17.4 Å². The van der Waals surface area contributed by atoms with E-state index < -0.39 is 10.0 Å². The number of carbonyl (C=O) groups excluding carboxylic acids is 1. The Bertz CT molecular complexity index is 1870. The third kappa shape index (κ3) is 6.05. The summed E-state index contributed by atoms with van der Waals surface area (Å²) in [7, 11) is -2.60. The topological polar surface area (TPSA) is 131 Å². The predicted molar refractivity (Wildman–Crippen MR) is 163 cm³/mol. The number of ketones is 1. The number of nitrogens with one attached hydrogen (secondary N) is 1. The Morgan fingerprint density at radius 2 is 1.64 bits per heavy atom. The number of phenolic OH excluding ortho intramolecular Hbond substituents is 2. The van der Waals surface area contributed by atoms with Gasteiger partial charge in [0.1, 0.15) is 22.0 Å². The molecule has 0 aliphatic carbocycles. The van der Waals surface area contributed by atoms with Gasteiger partial charge in [-0.15, -0.1) is 0 Å². The zero-order valence-electron chi connectivity index (χ0n) is 23.4. The normalized spacial score (nSPS) is 11.1. The molecule has 0 unspecified atom stereocenters. The summed E-state index contributed by atoms with van der Waals surface area (Å²) in [5.41, 5.74) is 2.85. The van der Waals surface area contributed by atoms with E-state index in [0.29, 0.717) is 45.0 Å². The van der Waals surface area contributed by atoms with Gasteiger partial charge in [0.05, 0.1) is 29.9 Å². The van der Waals surface area contributed by atoms with Gasteiger partial charge in [0.15, 0.2) is 5.78 Å². The van der Waals surface area contributed by atoms with E-state index in [1.807, 2.05) is 18.4 Å². The minimum Gasteiger partial charge on any atom is -0.508 e. The number of rotatable bonds is 8. The number of hydrogen-bond acceptors (Lipinski definition) is 7. The fourth-order valence-electron chi connectivity index (χ4n) is 4.51. The molecular formula is C31H30ClN3O6S. The number of anilines is 1. The first-order valence-corrected chi connectivity index (χ1v) is 14.9. The van der Waals surface area contributed by atoms with E-state index in [1.165, 1.54) is 31.4 Å². The molecule has 5 aromatic rings. The molecule has 0 bridgehead atoms. The number of para-hydroxylation sites is 1. The van der Waals surface area contributed by atoms with Crippen molar-refractivity contribution in [2.75, 3.05) is 11.8 Å². The Balaban J connectivity index is 0.00000198. The molecule has 0 saturated heterocycles. The maximum absolute atomic E-state index is 13.6. The first kappa shape index (κ1) is 30.4. The fourth-order valence-corrected chi connectivity index (χ4v) is 6.15. The summed E-state index contributed by atoms with van der Waals surface area (Å²) in [6.45, 7) is 5.97. The molecule has 2 heterocycles. The lowest BCUT2D eigenvalue weighted by Crippen LogP contribution is -2.16. The van der Waals surface area contributed by atoms with Crippen LogP contribution in [0.4, 0.5) is 5.69 Å². The summed E-state index contributed by atoms with van der Waals surface area (Å²) in [5.74, 6) is 0.00432.